The second-order valence-corrected chi connectivity index (χ2v) is 5.72. The summed E-state index contributed by atoms with van der Waals surface area (Å²) in [6.07, 6.45) is 8.62. The zero-order chi connectivity index (χ0) is 12.3. The van der Waals surface area contributed by atoms with Crippen LogP contribution in [-0.2, 0) is 9.53 Å². The summed E-state index contributed by atoms with van der Waals surface area (Å²) in [5.74, 6) is 0.337. The standard InChI is InChI=1S/C13H24N2O2/c14-12(16)13(15)7-3-6-11(8-13)17-9-10-4-1-2-5-10/h10-11H,1-9,15H2,(H2,14,16). The lowest BCUT2D eigenvalue weighted by atomic mass is 9.80. The summed E-state index contributed by atoms with van der Waals surface area (Å²) < 4.78 is 5.92. The van der Waals surface area contributed by atoms with E-state index in [2.05, 4.69) is 0 Å². The third kappa shape index (κ3) is 3.19. The maximum atomic E-state index is 11.3. The average molecular weight is 240 g/mol. The molecule has 1 amide bonds. The van der Waals surface area contributed by atoms with Crippen LogP contribution in [0, 0.1) is 5.92 Å². The van der Waals surface area contributed by atoms with Crippen molar-refractivity contribution in [2.45, 2.75) is 63.0 Å². The van der Waals surface area contributed by atoms with Crippen LogP contribution >= 0.6 is 0 Å². The van der Waals surface area contributed by atoms with Crippen LogP contribution in [0.5, 0.6) is 0 Å². The van der Waals surface area contributed by atoms with E-state index in [9.17, 15) is 4.79 Å². The lowest BCUT2D eigenvalue weighted by Gasteiger charge is -2.35. The van der Waals surface area contributed by atoms with Gasteiger partial charge in [-0.15, -0.1) is 0 Å². The van der Waals surface area contributed by atoms with Crippen LogP contribution in [0.25, 0.3) is 0 Å². The average Bonchev–Trinajstić information content (AvgIpc) is 2.79. The van der Waals surface area contributed by atoms with Crippen LogP contribution in [0.4, 0.5) is 0 Å². The Morgan fingerprint density at radius 2 is 1.94 bits per heavy atom. The van der Waals surface area contributed by atoms with Gasteiger partial charge in [-0.3, -0.25) is 4.79 Å². The van der Waals surface area contributed by atoms with E-state index in [0.29, 0.717) is 12.8 Å². The highest BCUT2D eigenvalue weighted by molar-refractivity contribution is 5.84. The minimum absolute atomic E-state index is 0.127. The summed E-state index contributed by atoms with van der Waals surface area (Å²) in [6.45, 7) is 0.833. The van der Waals surface area contributed by atoms with Gasteiger partial charge in [0.15, 0.2) is 0 Å². The van der Waals surface area contributed by atoms with Crippen molar-refractivity contribution in [3.8, 4) is 0 Å². The number of amides is 1. The van der Waals surface area contributed by atoms with Gasteiger partial charge < -0.3 is 16.2 Å². The Kier molecular flexibility index (Phi) is 4.05. The molecule has 2 rings (SSSR count). The zero-order valence-electron chi connectivity index (χ0n) is 10.5. The number of hydrogen-bond acceptors (Lipinski definition) is 3. The normalized spacial score (nSPS) is 35.0. The molecule has 2 unspecified atom stereocenters. The van der Waals surface area contributed by atoms with Crippen LogP contribution in [0.2, 0.25) is 0 Å². The fraction of sp³-hybridized carbons (Fsp3) is 0.923. The molecule has 2 atom stereocenters. The smallest absolute Gasteiger partial charge is 0.237 e. The molecule has 2 aliphatic carbocycles. The highest BCUT2D eigenvalue weighted by atomic mass is 16.5. The van der Waals surface area contributed by atoms with Gasteiger partial charge in [0.2, 0.25) is 5.91 Å². The first-order chi connectivity index (χ1) is 8.10. The molecule has 98 valence electrons. The lowest BCUT2D eigenvalue weighted by molar-refractivity contribution is -0.126. The number of primary amides is 1. The molecule has 0 aromatic heterocycles. The second-order valence-electron chi connectivity index (χ2n) is 5.72. The van der Waals surface area contributed by atoms with Gasteiger partial charge in [-0.2, -0.15) is 0 Å². The van der Waals surface area contributed by atoms with Gasteiger partial charge in [0, 0.05) is 13.0 Å². The molecule has 17 heavy (non-hydrogen) atoms. The van der Waals surface area contributed by atoms with Gasteiger partial charge in [0.25, 0.3) is 0 Å². The molecule has 0 spiro atoms. The van der Waals surface area contributed by atoms with Gasteiger partial charge in [0.1, 0.15) is 0 Å². The first-order valence-corrected chi connectivity index (χ1v) is 6.80. The predicted molar refractivity (Wildman–Crippen MR) is 66.3 cm³/mol. The van der Waals surface area contributed by atoms with Crippen molar-refractivity contribution >= 4 is 5.91 Å². The second kappa shape index (κ2) is 5.36. The minimum Gasteiger partial charge on any atom is -0.378 e. The number of carbonyl (C=O) groups excluding carboxylic acids is 1. The fourth-order valence-electron chi connectivity index (χ4n) is 3.07. The molecule has 0 radical (unpaired) electrons. The monoisotopic (exact) mass is 240 g/mol. The third-order valence-electron chi connectivity index (χ3n) is 4.27. The van der Waals surface area contributed by atoms with Crippen molar-refractivity contribution in [3.05, 3.63) is 0 Å². The van der Waals surface area contributed by atoms with Crippen molar-refractivity contribution in [3.63, 3.8) is 0 Å². The third-order valence-corrected chi connectivity index (χ3v) is 4.27. The van der Waals surface area contributed by atoms with E-state index in [1.54, 1.807) is 0 Å². The Balaban J connectivity index is 1.78. The summed E-state index contributed by atoms with van der Waals surface area (Å²) in [6, 6.07) is 0. The van der Waals surface area contributed by atoms with E-state index in [-0.39, 0.29) is 12.0 Å². The summed E-state index contributed by atoms with van der Waals surface area (Å²) in [5, 5.41) is 0. The molecule has 0 aromatic carbocycles. The lowest BCUT2D eigenvalue weighted by Crippen LogP contribution is -2.56. The van der Waals surface area contributed by atoms with Crippen molar-refractivity contribution < 1.29 is 9.53 Å². The summed E-state index contributed by atoms with van der Waals surface area (Å²) >= 11 is 0. The van der Waals surface area contributed by atoms with Crippen LogP contribution < -0.4 is 11.5 Å². The largest absolute Gasteiger partial charge is 0.378 e. The minimum atomic E-state index is -0.835. The Hall–Kier alpha value is -0.610. The van der Waals surface area contributed by atoms with Crippen molar-refractivity contribution in [2.75, 3.05) is 6.61 Å². The van der Waals surface area contributed by atoms with E-state index < -0.39 is 5.54 Å². The number of nitrogens with two attached hydrogens (primary N) is 2. The molecular formula is C13H24N2O2. The van der Waals surface area contributed by atoms with Gasteiger partial charge in [-0.05, 0) is 38.0 Å². The molecule has 4 N–H and O–H groups in total. The van der Waals surface area contributed by atoms with E-state index in [1.165, 1.54) is 25.7 Å². The zero-order valence-corrected chi connectivity index (χ0v) is 10.5. The number of ether oxygens (including phenoxy) is 1. The topological polar surface area (TPSA) is 78.3 Å². The molecule has 0 aliphatic heterocycles. The molecule has 2 saturated carbocycles. The quantitative estimate of drug-likeness (QED) is 0.778. The highest BCUT2D eigenvalue weighted by Crippen LogP contribution is 2.30. The van der Waals surface area contributed by atoms with Gasteiger partial charge in [-0.25, -0.2) is 0 Å². The van der Waals surface area contributed by atoms with Gasteiger partial charge in [0.05, 0.1) is 11.6 Å². The molecule has 4 heteroatoms. The van der Waals surface area contributed by atoms with Crippen LogP contribution in [0.3, 0.4) is 0 Å². The molecule has 2 fully saturated rings. The molecule has 0 heterocycles. The van der Waals surface area contributed by atoms with Gasteiger partial charge in [-0.1, -0.05) is 12.8 Å². The summed E-state index contributed by atoms with van der Waals surface area (Å²) in [4.78, 5) is 11.3. The molecular weight excluding hydrogens is 216 g/mol. The maximum Gasteiger partial charge on any atom is 0.237 e. The van der Waals surface area contributed by atoms with Crippen LogP contribution in [0.1, 0.15) is 51.4 Å². The van der Waals surface area contributed by atoms with E-state index in [1.807, 2.05) is 0 Å². The molecule has 0 aromatic rings. The maximum absolute atomic E-state index is 11.3. The van der Waals surface area contributed by atoms with E-state index >= 15 is 0 Å². The van der Waals surface area contributed by atoms with Crippen molar-refractivity contribution in [1.82, 2.24) is 0 Å². The van der Waals surface area contributed by atoms with E-state index in [0.717, 1.165) is 25.4 Å². The van der Waals surface area contributed by atoms with E-state index in [4.69, 9.17) is 16.2 Å². The van der Waals surface area contributed by atoms with Crippen molar-refractivity contribution in [1.29, 1.82) is 0 Å². The number of carbonyl (C=O) groups is 1. The Morgan fingerprint density at radius 3 is 2.59 bits per heavy atom. The highest BCUT2D eigenvalue weighted by Gasteiger charge is 2.38. The van der Waals surface area contributed by atoms with Crippen molar-refractivity contribution in [2.24, 2.45) is 17.4 Å². The molecule has 0 saturated heterocycles. The predicted octanol–water partition coefficient (Wildman–Crippen LogP) is 1.32. The van der Waals surface area contributed by atoms with Crippen LogP contribution in [-0.4, -0.2) is 24.2 Å². The first kappa shape index (κ1) is 12.8. The number of rotatable bonds is 4. The first-order valence-electron chi connectivity index (χ1n) is 6.80. The Bertz CT molecular complexity index is 277. The molecule has 0 bridgehead atoms. The fourth-order valence-corrected chi connectivity index (χ4v) is 3.07. The molecule has 2 aliphatic rings. The number of hydrogen-bond donors (Lipinski definition) is 2. The Morgan fingerprint density at radius 1 is 1.24 bits per heavy atom. The van der Waals surface area contributed by atoms with Crippen LogP contribution in [0.15, 0.2) is 0 Å². The summed E-state index contributed by atoms with van der Waals surface area (Å²) in [7, 11) is 0. The van der Waals surface area contributed by atoms with Gasteiger partial charge >= 0.3 is 0 Å². The molecule has 4 nitrogen and oxygen atoms in total. The SMILES string of the molecule is NC(=O)C1(N)CCCC(OCC2CCCC2)C1. The Labute approximate surface area is 103 Å². The summed E-state index contributed by atoms with van der Waals surface area (Å²) in [5.41, 5.74) is 10.5.